The van der Waals surface area contributed by atoms with Crippen LogP contribution in [0.4, 0.5) is 0 Å². The monoisotopic (exact) mass is 288 g/mol. The number of carbonyl (C=O) groups is 1. The minimum Gasteiger partial charge on any atom is -0.384 e. The van der Waals surface area contributed by atoms with Gasteiger partial charge in [0.25, 0.3) is 5.91 Å². The standard InChI is InChI=1S/C16H20N2O3/c1-2-21-14-6-9-18(10-7-14)16(20)15-5-8-17-12-13(15)4-3-11-19/h5,8,12,14,19H,2,6-7,9-11H2,1H3. The van der Waals surface area contributed by atoms with Gasteiger partial charge in [-0.2, -0.15) is 0 Å². The maximum absolute atomic E-state index is 12.6. The molecule has 5 heteroatoms. The van der Waals surface area contributed by atoms with Gasteiger partial charge in [-0.05, 0) is 25.8 Å². The van der Waals surface area contributed by atoms with Gasteiger partial charge in [0, 0.05) is 32.1 Å². The highest BCUT2D eigenvalue weighted by Crippen LogP contribution is 2.17. The number of hydrogen-bond donors (Lipinski definition) is 1. The van der Waals surface area contributed by atoms with Crippen LogP contribution in [0.1, 0.15) is 35.7 Å². The Kier molecular flexibility index (Phi) is 5.73. The maximum atomic E-state index is 12.6. The SMILES string of the molecule is CCOC1CCN(C(=O)c2ccncc2C#CCO)CC1. The highest BCUT2D eigenvalue weighted by Gasteiger charge is 2.24. The highest BCUT2D eigenvalue weighted by atomic mass is 16.5. The van der Waals surface area contributed by atoms with Gasteiger partial charge >= 0.3 is 0 Å². The number of hydrogen-bond acceptors (Lipinski definition) is 4. The van der Waals surface area contributed by atoms with E-state index in [1.807, 2.05) is 11.8 Å². The third-order valence-electron chi connectivity index (χ3n) is 3.49. The first-order chi connectivity index (χ1) is 10.3. The zero-order valence-electron chi connectivity index (χ0n) is 12.2. The molecule has 0 unspecified atom stereocenters. The minimum absolute atomic E-state index is 0.0328. The van der Waals surface area contributed by atoms with Gasteiger partial charge in [0.1, 0.15) is 6.61 Å². The van der Waals surface area contributed by atoms with E-state index in [2.05, 4.69) is 16.8 Å². The Labute approximate surface area is 124 Å². The zero-order valence-corrected chi connectivity index (χ0v) is 12.2. The summed E-state index contributed by atoms with van der Waals surface area (Å²) in [6.45, 7) is 3.85. The van der Waals surface area contributed by atoms with Gasteiger partial charge < -0.3 is 14.7 Å². The van der Waals surface area contributed by atoms with Crippen molar-refractivity contribution in [3.8, 4) is 11.8 Å². The molecule has 0 saturated carbocycles. The zero-order chi connectivity index (χ0) is 15.1. The van der Waals surface area contributed by atoms with Gasteiger partial charge in [0.2, 0.25) is 0 Å². The summed E-state index contributed by atoms with van der Waals surface area (Å²) in [4.78, 5) is 18.4. The molecular weight excluding hydrogens is 268 g/mol. The van der Waals surface area contributed by atoms with E-state index in [4.69, 9.17) is 9.84 Å². The lowest BCUT2D eigenvalue weighted by atomic mass is 10.0. The summed E-state index contributed by atoms with van der Waals surface area (Å²) in [5, 5.41) is 8.78. The van der Waals surface area contributed by atoms with Crippen LogP contribution in [0, 0.1) is 11.8 Å². The van der Waals surface area contributed by atoms with E-state index in [1.54, 1.807) is 18.5 Å². The molecule has 1 aliphatic heterocycles. The molecule has 0 atom stereocenters. The van der Waals surface area contributed by atoms with Gasteiger partial charge in [-0.15, -0.1) is 0 Å². The third kappa shape index (κ3) is 4.03. The Morgan fingerprint density at radius 1 is 1.52 bits per heavy atom. The number of pyridine rings is 1. The molecule has 1 fully saturated rings. The summed E-state index contributed by atoms with van der Waals surface area (Å²) in [5.74, 6) is 5.31. The number of aliphatic hydroxyl groups is 1. The van der Waals surface area contributed by atoms with Crippen molar-refractivity contribution in [2.45, 2.75) is 25.9 Å². The predicted molar refractivity (Wildman–Crippen MR) is 78.8 cm³/mol. The lowest BCUT2D eigenvalue weighted by molar-refractivity contribution is 0.0146. The first kappa shape index (κ1) is 15.5. The molecular formula is C16H20N2O3. The topological polar surface area (TPSA) is 62.7 Å². The normalized spacial score (nSPS) is 15.4. The molecule has 1 saturated heterocycles. The summed E-state index contributed by atoms with van der Waals surface area (Å²) in [6.07, 6.45) is 5.13. The molecule has 0 aliphatic carbocycles. The van der Waals surface area contributed by atoms with Crippen LogP contribution in [-0.2, 0) is 4.74 Å². The van der Waals surface area contributed by atoms with Gasteiger partial charge in [-0.25, -0.2) is 0 Å². The number of piperidine rings is 1. The van der Waals surface area contributed by atoms with Crippen LogP contribution in [0.25, 0.3) is 0 Å². The summed E-state index contributed by atoms with van der Waals surface area (Å²) >= 11 is 0. The summed E-state index contributed by atoms with van der Waals surface area (Å²) in [6, 6.07) is 1.68. The highest BCUT2D eigenvalue weighted by molar-refractivity contribution is 5.96. The predicted octanol–water partition coefficient (Wildman–Crippen LogP) is 1.07. The third-order valence-corrected chi connectivity index (χ3v) is 3.49. The number of rotatable bonds is 3. The van der Waals surface area contributed by atoms with Crippen LogP contribution < -0.4 is 0 Å². The van der Waals surface area contributed by atoms with Crippen molar-refractivity contribution < 1.29 is 14.6 Å². The molecule has 1 aromatic heterocycles. The summed E-state index contributed by atoms with van der Waals surface area (Å²) < 4.78 is 5.60. The van der Waals surface area contributed by atoms with Crippen LogP contribution >= 0.6 is 0 Å². The van der Waals surface area contributed by atoms with Crippen molar-refractivity contribution in [1.29, 1.82) is 0 Å². The van der Waals surface area contributed by atoms with E-state index in [-0.39, 0.29) is 18.6 Å². The van der Waals surface area contributed by atoms with Crippen molar-refractivity contribution >= 4 is 5.91 Å². The molecule has 0 aromatic carbocycles. The Balaban J connectivity index is 2.07. The number of nitrogens with zero attached hydrogens (tertiary/aromatic N) is 2. The second kappa shape index (κ2) is 7.77. The minimum atomic E-state index is -0.234. The molecule has 112 valence electrons. The Morgan fingerprint density at radius 3 is 2.95 bits per heavy atom. The first-order valence-corrected chi connectivity index (χ1v) is 7.21. The molecule has 0 spiro atoms. The van der Waals surface area contributed by atoms with E-state index in [0.29, 0.717) is 30.8 Å². The fraction of sp³-hybridized carbons (Fsp3) is 0.500. The van der Waals surface area contributed by atoms with Crippen molar-refractivity contribution in [1.82, 2.24) is 9.88 Å². The number of carbonyl (C=O) groups excluding carboxylic acids is 1. The summed E-state index contributed by atoms with van der Waals surface area (Å²) in [7, 11) is 0. The van der Waals surface area contributed by atoms with Crippen LogP contribution in [0.3, 0.4) is 0 Å². The average molecular weight is 288 g/mol. The fourth-order valence-corrected chi connectivity index (χ4v) is 2.45. The molecule has 2 heterocycles. The number of likely N-dealkylation sites (tertiary alicyclic amines) is 1. The quantitative estimate of drug-likeness (QED) is 0.845. The van der Waals surface area contributed by atoms with Crippen LogP contribution in [-0.4, -0.2) is 53.3 Å². The molecule has 21 heavy (non-hydrogen) atoms. The fourth-order valence-electron chi connectivity index (χ4n) is 2.45. The maximum Gasteiger partial charge on any atom is 0.255 e. The average Bonchev–Trinajstić information content (AvgIpc) is 2.53. The van der Waals surface area contributed by atoms with Gasteiger partial charge in [-0.3, -0.25) is 9.78 Å². The molecule has 0 bridgehead atoms. The van der Waals surface area contributed by atoms with E-state index in [9.17, 15) is 4.79 Å². The molecule has 1 amide bonds. The second-order valence-corrected chi connectivity index (χ2v) is 4.83. The Bertz CT molecular complexity index is 540. The summed E-state index contributed by atoms with van der Waals surface area (Å²) in [5.41, 5.74) is 1.10. The lowest BCUT2D eigenvalue weighted by Crippen LogP contribution is -2.41. The molecule has 5 nitrogen and oxygen atoms in total. The molecule has 2 rings (SSSR count). The van der Waals surface area contributed by atoms with Crippen molar-refractivity contribution in [2.24, 2.45) is 0 Å². The van der Waals surface area contributed by atoms with E-state index >= 15 is 0 Å². The molecule has 1 aromatic rings. The number of aromatic nitrogens is 1. The van der Waals surface area contributed by atoms with Gasteiger partial charge in [0.05, 0.1) is 17.2 Å². The van der Waals surface area contributed by atoms with Crippen molar-refractivity contribution in [3.63, 3.8) is 0 Å². The number of aliphatic hydroxyl groups excluding tert-OH is 1. The number of amides is 1. The first-order valence-electron chi connectivity index (χ1n) is 7.21. The van der Waals surface area contributed by atoms with Gasteiger partial charge in [-0.1, -0.05) is 11.8 Å². The van der Waals surface area contributed by atoms with E-state index < -0.39 is 0 Å². The molecule has 0 radical (unpaired) electrons. The van der Waals surface area contributed by atoms with Crippen LogP contribution in [0.15, 0.2) is 18.5 Å². The molecule has 1 aliphatic rings. The van der Waals surface area contributed by atoms with Crippen molar-refractivity contribution in [2.75, 3.05) is 26.3 Å². The van der Waals surface area contributed by atoms with E-state index in [1.165, 1.54) is 0 Å². The molecule has 1 N–H and O–H groups in total. The largest absolute Gasteiger partial charge is 0.384 e. The Hall–Kier alpha value is -1.90. The van der Waals surface area contributed by atoms with E-state index in [0.717, 1.165) is 12.8 Å². The van der Waals surface area contributed by atoms with Gasteiger partial charge in [0.15, 0.2) is 0 Å². The lowest BCUT2D eigenvalue weighted by Gasteiger charge is -2.32. The van der Waals surface area contributed by atoms with Crippen LogP contribution in [0.5, 0.6) is 0 Å². The van der Waals surface area contributed by atoms with Crippen molar-refractivity contribution in [3.05, 3.63) is 29.6 Å². The number of ether oxygens (including phenoxy) is 1. The Morgan fingerprint density at radius 2 is 2.29 bits per heavy atom. The smallest absolute Gasteiger partial charge is 0.255 e. The second-order valence-electron chi connectivity index (χ2n) is 4.83. The van der Waals surface area contributed by atoms with Crippen LogP contribution in [0.2, 0.25) is 0 Å².